The van der Waals surface area contributed by atoms with E-state index in [9.17, 15) is 8.42 Å². The molecular weight excluding hydrogens is 401 g/mol. The third kappa shape index (κ3) is 11.2. The molecule has 0 spiro atoms. The Morgan fingerprint density at radius 3 is 2.33 bits per heavy atom. The highest BCUT2D eigenvalue weighted by Crippen LogP contribution is 2.26. The number of nitrogens with one attached hydrogen (secondary N) is 2. The SMILES string of the molecule is CN=C(NCCCC1CCCCC1)NCCS(C)(=O)=O.I. The van der Waals surface area contributed by atoms with Crippen molar-refractivity contribution in [2.45, 2.75) is 44.9 Å². The van der Waals surface area contributed by atoms with E-state index in [1.165, 1.54) is 44.8 Å². The minimum atomic E-state index is -2.91. The quantitative estimate of drug-likeness (QED) is 0.281. The Hall–Kier alpha value is -0.0500. The summed E-state index contributed by atoms with van der Waals surface area (Å²) in [6.45, 7) is 1.30. The molecule has 0 heterocycles. The maximum absolute atomic E-state index is 11.0. The number of sulfone groups is 1. The van der Waals surface area contributed by atoms with Crippen molar-refractivity contribution in [3.8, 4) is 0 Å². The van der Waals surface area contributed by atoms with E-state index in [0.29, 0.717) is 12.5 Å². The van der Waals surface area contributed by atoms with Crippen LogP contribution in [0.3, 0.4) is 0 Å². The standard InChI is InChI=1S/C14H29N3O2S.HI/c1-15-14(17-11-12-20(2,18)19)16-10-6-9-13-7-4-3-5-8-13;/h13H,3-12H2,1-2H3,(H2,15,16,17);1H. The maximum Gasteiger partial charge on any atom is 0.191 e. The molecule has 1 aliphatic carbocycles. The van der Waals surface area contributed by atoms with Gasteiger partial charge in [-0.1, -0.05) is 32.1 Å². The molecule has 0 aromatic heterocycles. The first kappa shape index (κ1) is 20.9. The normalized spacial score (nSPS) is 17.1. The van der Waals surface area contributed by atoms with Crippen LogP contribution in [-0.4, -0.2) is 46.5 Å². The first-order chi connectivity index (χ1) is 9.51. The van der Waals surface area contributed by atoms with Crippen molar-refractivity contribution >= 4 is 39.8 Å². The van der Waals surface area contributed by atoms with Gasteiger partial charge in [-0.05, 0) is 18.8 Å². The van der Waals surface area contributed by atoms with Gasteiger partial charge in [0, 0.05) is 26.4 Å². The van der Waals surface area contributed by atoms with Gasteiger partial charge in [0.15, 0.2) is 5.96 Å². The molecule has 0 aliphatic heterocycles. The van der Waals surface area contributed by atoms with E-state index < -0.39 is 9.84 Å². The Bertz CT molecular complexity index is 393. The molecule has 0 saturated heterocycles. The van der Waals surface area contributed by atoms with Crippen LogP contribution in [-0.2, 0) is 9.84 Å². The molecule has 5 nitrogen and oxygen atoms in total. The topological polar surface area (TPSA) is 70.6 Å². The van der Waals surface area contributed by atoms with Gasteiger partial charge in [-0.2, -0.15) is 0 Å². The molecule has 126 valence electrons. The van der Waals surface area contributed by atoms with E-state index in [-0.39, 0.29) is 29.7 Å². The molecular formula is C14H30IN3O2S. The number of guanidine groups is 1. The lowest BCUT2D eigenvalue weighted by Crippen LogP contribution is -2.40. The van der Waals surface area contributed by atoms with Crippen molar-refractivity contribution in [1.29, 1.82) is 0 Å². The average molecular weight is 431 g/mol. The second kappa shape index (κ2) is 11.5. The van der Waals surface area contributed by atoms with Gasteiger partial charge < -0.3 is 10.6 Å². The first-order valence-electron chi connectivity index (χ1n) is 7.63. The highest BCUT2D eigenvalue weighted by Gasteiger charge is 2.12. The van der Waals surface area contributed by atoms with Crippen LogP contribution in [0, 0.1) is 5.92 Å². The predicted octanol–water partition coefficient (Wildman–Crippen LogP) is 2.17. The van der Waals surface area contributed by atoms with Gasteiger partial charge in [0.05, 0.1) is 5.75 Å². The van der Waals surface area contributed by atoms with Gasteiger partial charge in [0.25, 0.3) is 0 Å². The molecule has 0 unspecified atom stereocenters. The van der Waals surface area contributed by atoms with E-state index in [0.717, 1.165) is 18.9 Å². The van der Waals surface area contributed by atoms with Gasteiger partial charge in [-0.25, -0.2) is 8.42 Å². The van der Waals surface area contributed by atoms with Crippen molar-refractivity contribution in [3.63, 3.8) is 0 Å². The zero-order valence-electron chi connectivity index (χ0n) is 13.2. The highest BCUT2D eigenvalue weighted by atomic mass is 127. The molecule has 2 N–H and O–H groups in total. The molecule has 1 saturated carbocycles. The Morgan fingerprint density at radius 2 is 1.76 bits per heavy atom. The molecule has 7 heteroatoms. The molecule has 21 heavy (non-hydrogen) atoms. The summed E-state index contributed by atoms with van der Waals surface area (Å²) in [5.41, 5.74) is 0. The monoisotopic (exact) mass is 431 g/mol. The molecule has 0 amide bonds. The fourth-order valence-corrected chi connectivity index (χ4v) is 3.12. The Balaban J connectivity index is 0.00000400. The third-order valence-electron chi connectivity index (χ3n) is 3.80. The molecule has 0 aromatic rings. The third-order valence-corrected chi connectivity index (χ3v) is 4.74. The summed E-state index contributed by atoms with van der Waals surface area (Å²) < 4.78 is 22.1. The van der Waals surface area contributed by atoms with Crippen LogP contribution < -0.4 is 10.6 Å². The average Bonchev–Trinajstić information content (AvgIpc) is 2.41. The van der Waals surface area contributed by atoms with E-state index in [1.54, 1.807) is 7.05 Å². The van der Waals surface area contributed by atoms with Crippen LogP contribution in [0.1, 0.15) is 44.9 Å². The molecule has 0 atom stereocenters. The van der Waals surface area contributed by atoms with Gasteiger partial charge in [-0.15, -0.1) is 24.0 Å². The van der Waals surface area contributed by atoms with E-state index in [4.69, 9.17) is 0 Å². The largest absolute Gasteiger partial charge is 0.356 e. The zero-order valence-corrected chi connectivity index (χ0v) is 16.4. The summed E-state index contributed by atoms with van der Waals surface area (Å²) in [4.78, 5) is 4.09. The summed E-state index contributed by atoms with van der Waals surface area (Å²) >= 11 is 0. The minimum absolute atomic E-state index is 0. The van der Waals surface area contributed by atoms with Crippen LogP contribution in [0.5, 0.6) is 0 Å². The molecule has 1 fully saturated rings. The number of rotatable bonds is 7. The van der Waals surface area contributed by atoms with Crippen molar-refractivity contribution in [2.75, 3.05) is 32.1 Å². The van der Waals surface area contributed by atoms with E-state index >= 15 is 0 Å². The van der Waals surface area contributed by atoms with Crippen molar-refractivity contribution < 1.29 is 8.42 Å². The fourth-order valence-electron chi connectivity index (χ4n) is 2.65. The number of hydrogen-bond acceptors (Lipinski definition) is 3. The summed E-state index contributed by atoms with van der Waals surface area (Å²) in [7, 11) is -1.21. The van der Waals surface area contributed by atoms with Crippen molar-refractivity contribution in [2.24, 2.45) is 10.9 Å². The molecule has 1 rings (SSSR count). The molecule has 1 aliphatic rings. The Morgan fingerprint density at radius 1 is 1.14 bits per heavy atom. The highest BCUT2D eigenvalue weighted by molar-refractivity contribution is 14.0. The van der Waals surface area contributed by atoms with E-state index in [2.05, 4.69) is 15.6 Å². The number of halogens is 1. The second-order valence-electron chi connectivity index (χ2n) is 5.70. The fraction of sp³-hybridized carbons (Fsp3) is 0.929. The maximum atomic E-state index is 11.0. The van der Waals surface area contributed by atoms with Gasteiger partial charge >= 0.3 is 0 Å². The second-order valence-corrected chi connectivity index (χ2v) is 7.96. The van der Waals surface area contributed by atoms with Crippen molar-refractivity contribution in [1.82, 2.24) is 10.6 Å². The lowest BCUT2D eigenvalue weighted by atomic mass is 9.86. The van der Waals surface area contributed by atoms with Gasteiger partial charge in [0.2, 0.25) is 0 Å². The predicted molar refractivity (Wildman–Crippen MR) is 100 cm³/mol. The van der Waals surface area contributed by atoms with Gasteiger partial charge in [0.1, 0.15) is 9.84 Å². The summed E-state index contributed by atoms with van der Waals surface area (Å²) in [5, 5.41) is 6.26. The van der Waals surface area contributed by atoms with Crippen LogP contribution in [0.4, 0.5) is 0 Å². The minimum Gasteiger partial charge on any atom is -0.356 e. The first-order valence-corrected chi connectivity index (χ1v) is 9.69. The molecule has 0 aromatic carbocycles. The Labute approximate surface area is 146 Å². The van der Waals surface area contributed by atoms with E-state index in [1.807, 2.05) is 0 Å². The summed E-state index contributed by atoms with van der Waals surface area (Å²) in [6.07, 6.45) is 10.7. The number of nitrogens with zero attached hydrogens (tertiary/aromatic N) is 1. The van der Waals surface area contributed by atoms with Crippen LogP contribution >= 0.6 is 24.0 Å². The van der Waals surface area contributed by atoms with Crippen LogP contribution in [0.25, 0.3) is 0 Å². The zero-order chi connectivity index (χ0) is 14.8. The lowest BCUT2D eigenvalue weighted by molar-refractivity contribution is 0.332. The lowest BCUT2D eigenvalue weighted by Gasteiger charge is -2.21. The number of aliphatic imine (C=N–C) groups is 1. The molecule has 0 bridgehead atoms. The van der Waals surface area contributed by atoms with Crippen LogP contribution in [0.15, 0.2) is 4.99 Å². The molecule has 0 radical (unpaired) electrons. The summed E-state index contributed by atoms with van der Waals surface area (Å²) in [6, 6.07) is 0. The van der Waals surface area contributed by atoms with Crippen LogP contribution in [0.2, 0.25) is 0 Å². The van der Waals surface area contributed by atoms with Crippen molar-refractivity contribution in [3.05, 3.63) is 0 Å². The summed E-state index contributed by atoms with van der Waals surface area (Å²) in [5.74, 6) is 1.73. The Kier molecular flexibility index (Phi) is 11.5. The number of hydrogen-bond donors (Lipinski definition) is 2. The smallest absolute Gasteiger partial charge is 0.191 e. The van der Waals surface area contributed by atoms with Gasteiger partial charge in [-0.3, -0.25) is 4.99 Å².